The van der Waals surface area contributed by atoms with Crippen LogP contribution in [0.5, 0.6) is 11.5 Å². The minimum Gasteiger partial charge on any atom is -0.504 e. The zero-order valence-corrected chi connectivity index (χ0v) is 13.7. The lowest BCUT2D eigenvalue weighted by atomic mass is 10.1. The van der Waals surface area contributed by atoms with E-state index in [1.165, 1.54) is 25.6 Å². The second-order valence-electron chi connectivity index (χ2n) is 5.90. The minimum absolute atomic E-state index is 0.124. The van der Waals surface area contributed by atoms with Crippen molar-refractivity contribution in [3.8, 4) is 11.5 Å². The molecule has 2 aromatic rings. The number of hydrogen-bond acceptors (Lipinski definition) is 4. The van der Waals surface area contributed by atoms with Gasteiger partial charge in [-0.05, 0) is 48.2 Å². The molecule has 2 aromatic carbocycles. The van der Waals surface area contributed by atoms with E-state index in [-0.39, 0.29) is 11.3 Å². The van der Waals surface area contributed by atoms with Gasteiger partial charge in [-0.15, -0.1) is 0 Å². The van der Waals surface area contributed by atoms with Crippen molar-refractivity contribution >= 4 is 24.1 Å². The van der Waals surface area contributed by atoms with E-state index in [9.17, 15) is 9.90 Å². The van der Waals surface area contributed by atoms with Crippen molar-refractivity contribution in [3.63, 3.8) is 0 Å². The van der Waals surface area contributed by atoms with Gasteiger partial charge in [0.25, 0.3) is 0 Å². The van der Waals surface area contributed by atoms with E-state index in [2.05, 4.69) is 23.1 Å². The molecular formula is C20H21NO3. The number of methoxy groups -OCH3 is 1. The lowest BCUT2D eigenvalue weighted by Gasteiger charge is -2.17. The van der Waals surface area contributed by atoms with Crippen LogP contribution in [0.15, 0.2) is 36.4 Å². The Hall–Kier alpha value is -2.75. The molecule has 0 bridgehead atoms. The highest BCUT2D eigenvalue weighted by molar-refractivity contribution is 5.84. The molecule has 0 saturated carbocycles. The number of benzene rings is 2. The molecule has 0 unspecified atom stereocenters. The molecule has 0 aromatic heterocycles. The number of rotatable bonds is 5. The number of aromatic hydroxyl groups is 1. The lowest BCUT2D eigenvalue weighted by molar-refractivity contribution is 0.112. The first-order valence-corrected chi connectivity index (χ1v) is 8.10. The summed E-state index contributed by atoms with van der Waals surface area (Å²) >= 11 is 0. The van der Waals surface area contributed by atoms with Crippen LogP contribution in [0, 0.1) is 0 Å². The van der Waals surface area contributed by atoms with Crippen molar-refractivity contribution in [2.24, 2.45) is 0 Å². The number of hydrogen-bond donors (Lipinski definition) is 1. The maximum absolute atomic E-state index is 11.1. The highest BCUT2D eigenvalue weighted by Gasteiger charge is 2.12. The number of phenols is 1. The number of phenolic OH excluding ortho intramolecular Hbond substituents is 1. The molecule has 1 aliphatic heterocycles. The van der Waals surface area contributed by atoms with Crippen LogP contribution in [0.3, 0.4) is 0 Å². The van der Waals surface area contributed by atoms with Crippen LogP contribution in [-0.2, 0) is 0 Å². The Labute approximate surface area is 142 Å². The number of carbonyl (C=O) groups excluding carboxylic acids is 1. The molecule has 1 saturated heterocycles. The van der Waals surface area contributed by atoms with Crippen LogP contribution in [0.4, 0.5) is 5.69 Å². The Balaban J connectivity index is 1.85. The van der Waals surface area contributed by atoms with Gasteiger partial charge < -0.3 is 14.7 Å². The van der Waals surface area contributed by atoms with Crippen LogP contribution in [0.2, 0.25) is 0 Å². The second-order valence-corrected chi connectivity index (χ2v) is 5.90. The van der Waals surface area contributed by atoms with Crippen molar-refractivity contribution in [1.29, 1.82) is 0 Å². The summed E-state index contributed by atoms with van der Waals surface area (Å²) in [5.41, 5.74) is 3.36. The van der Waals surface area contributed by atoms with Gasteiger partial charge in [-0.3, -0.25) is 4.79 Å². The van der Waals surface area contributed by atoms with Crippen molar-refractivity contribution in [2.75, 3.05) is 25.1 Å². The minimum atomic E-state index is -0.124. The Morgan fingerprint density at radius 2 is 1.83 bits per heavy atom. The first-order chi connectivity index (χ1) is 11.7. The molecule has 0 atom stereocenters. The molecular weight excluding hydrogens is 302 g/mol. The van der Waals surface area contributed by atoms with E-state index in [0.717, 1.165) is 24.2 Å². The smallest absolute Gasteiger partial charge is 0.168 e. The van der Waals surface area contributed by atoms with Gasteiger partial charge in [0.15, 0.2) is 17.8 Å². The summed E-state index contributed by atoms with van der Waals surface area (Å²) in [6.07, 6.45) is 7.05. The SMILES string of the molecule is COc1cc(/C=C/c2cccc(N3CCCC3)c2)cc(C=O)c1O. The van der Waals surface area contributed by atoms with Crippen LogP contribution in [0.25, 0.3) is 12.2 Å². The molecule has 0 amide bonds. The predicted octanol–water partition coefficient (Wildman–Crippen LogP) is 3.98. The van der Waals surface area contributed by atoms with E-state index < -0.39 is 0 Å². The Bertz CT molecular complexity index is 761. The lowest BCUT2D eigenvalue weighted by Crippen LogP contribution is -2.17. The topological polar surface area (TPSA) is 49.8 Å². The quantitative estimate of drug-likeness (QED) is 0.668. The largest absolute Gasteiger partial charge is 0.504 e. The molecule has 1 fully saturated rings. The fourth-order valence-corrected chi connectivity index (χ4v) is 2.99. The molecule has 1 heterocycles. The highest BCUT2D eigenvalue weighted by atomic mass is 16.5. The monoisotopic (exact) mass is 323 g/mol. The number of nitrogens with zero attached hydrogens (tertiary/aromatic N) is 1. The Morgan fingerprint density at radius 1 is 1.08 bits per heavy atom. The normalized spacial score (nSPS) is 14.3. The van der Waals surface area contributed by atoms with Crippen molar-refractivity contribution in [3.05, 3.63) is 53.1 Å². The van der Waals surface area contributed by atoms with Crippen LogP contribution < -0.4 is 9.64 Å². The van der Waals surface area contributed by atoms with Gasteiger partial charge in [0, 0.05) is 18.8 Å². The fourth-order valence-electron chi connectivity index (χ4n) is 2.99. The number of ether oxygens (including phenoxy) is 1. The summed E-state index contributed by atoms with van der Waals surface area (Å²) < 4.78 is 5.12. The third-order valence-electron chi connectivity index (χ3n) is 4.28. The third kappa shape index (κ3) is 3.43. The predicted molar refractivity (Wildman–Crippen MR) is 96.9 cm³/mol. The second kappa shape index (κ2) is 7.21. The Kier molecular flexibility index (Phi) is 4.85. The molecule has 0 radical (unpaired) electrons. The van der Waals surface area contributed by atoms with E-state index in [1.54, 1.807) is 12.1 Å². The zero-order valence-electron chi connectivity index (χ0n) is 13.7. The summed E-state index contributed by atoms with van der Waals surface area (Å²) in [7, 11) is 1.47. The maximum Gasteiger partial charge on any atom is 0.168 e. The van der Waals surface area contributed by atoms with Crippen LogP contribution >= 0.6 is 0 Å². The third-order valence-corrected chi connectivity index (χ3v) is 4.28. The molecule has 0 aliphatic carbocycles. The van der Waals surface area contributed by atoms with Gasteiger partial charge in [0.2, 0.25) is 0 Å². The Morgan fingerprint density at radius 3 is 2.54 bits per heavy atom. The summed E-state index contributed by atoms with van der Waals surface area (Å²) in [4.78, 5) is 13.5. The van der Waals surface area contributed by atoms with Gasteiger partial charge in [0.05, 0.1) is 12.7 Å². The molecule has 4 nitrogen and oxygen atoms in total. The van der Waals surface area contributed by atoms with Gasteiger partial charge in [-0.2, -0.15) is 0 Å². The van der Waals surface area contributed by atoms with E-state index in [4.69, 9.17) is 4.74 Å². The molecule has 0 spiro atoms. The summed E-state index contributed by atoms with van der Waals surface area (Å²) in [5.74, 6) is 0.172. The first kappa shape index (κ1) is 16.1. The molecule has 4 heteroatoms. The molecule has 1 aliphatic rings. The maximum atomic E-state index is 11.1. The van der Waals surface area contributed by atoms with Crippen LogP contribution in [-0.4, -0.2) is 31.6 Å². The van der Waals surface area contributed by atoms with Crippen molar-refractivity contribution < 1.29 is 14.6 Å². The van der Waals surface area contributed by atoms with Gasteiger partial charge in [-0.1, -0.05) is 24.3 Å². The number of anilines is 1. The van der Waals surface area contributed by atoms with E-state index in [0.29, 0.717) is 12.0 Å². The standard InChI is InChI=1S/C20H21NO3/c1-24-19-13-16(11-17(14-22)20(19)23)8-7-15-5-4-6-18(12-15)21-9-2-3-10-21/h4-8,11-14,23H,2-3,9-10H2,1H3/b8-7+. The van der Waals surface area contributed by atoms with E-state index >= 15 is 0 Å². The van der Waals surface area contributed by atoms with Crippen molar-refractivity contribution in [2.45, 2.75) is 12.8 Å². The van der Waals surface area contributed by atoms with Gasteiger partial charge >= 0.3 is 0 Å². The first-order valence-electron chi connectivity index (χ1n) is 8.10. The highest BCUT2D eigenvalue weighted by Crippen LogP contribution is 2.31. The van der Waals surface area contributed by atoms with Gasteiger partial charge in [-0.25, -0.2) is 0 Å². The van der Waals surface area contributed by atoms with Gasteiger partial charge in [0.1, 0.15) is 0 Å². The summed E-state index contributed by atoms with van der Waals surface area (Å²) in [5, 5.41) is 9.87. The van der Waals surface area contributed by atoms with Crippen LogP contribution in [0.1, 0.15) is 34.3 Å². The zero-order chi connectivity index (χ0) is 16.9. The molecule has 3 rings (SSSR count). The number of carbonyl (C=O) groups is 1. The molecule has 1 N–H and O–H groups in total. The molecule has 124 valence electrons. The fraction of sp³-hybridized carbons (Fsp3) is 0.250. The summed E-state index contributed by atoms with van der Waals surface area (Å²) in [6, 6.07) is 11.8. The summed E-state index contributed by atoms with van der Waals surface area (Å²) in [6.45, 7) is 2.23. The number of aldehydes is 1. The average molecular weight is 323 g/mol. The van der Waals surface area contributed by atoms with E-state index in [1.807, 2.05) is 18.2 Å². The molecule has 24 heavy (non-hydrogen) atoms. The average Bonchev–Trinajstić information content (AvgIpc) is 3.15. The van der Waals surface area contributed by atoms with Crippen molar-refractivity contribution in [1.82, 2.24) is 0 Å².